The van der Waals surface area contributed by atoms with E-state index in [4.69, 9.17) is 51.1 Å². The van der Waals surface area contributed by atoms with Gasteiger partial charge in [0.15, 0.2) is 6.61 Å². The van der Waals surface area contributed by atoms with Gasteiger partial charge in [0, 0.05) is 0 Å². The predicted molar refractivity (Wildman–Crippen MR) is 120 cm³/mol. The second-order valence-corrected chi connectivity index (χ2v) is 8.48. The quantitative estimate of drug-likeness (QED) is 0.259. The fourth-order valence-corrected chi connectivity index (χ4v) is 4.20. The van der Waals surface area contributed by atoms with Crippen molar-refractivity contribution in [1.82, 2.24) is 10.2 Å². The lowest BCUT2D eigenvalue weighted by Gasteiger charge is -2.21. The van der Waals surface area contributed by atoms with E-state index in [1.165, 1.54) is 6.92 Å². The van der Waals surface area contributed by atoms with Crippen LogP contribution in [0, 0.1) is 0 Å². The van der Waals surface area contributed by atoms with Crippen LogP contribution < -0.4 is 5.32 Å². The van der Waals surface area contributed by atoms with Crippen LogP contribution in [0.15, 0.2) is 30.3 Å². The number of ether oxygens (including phenoxy) is 1. The summed E-state index contributed by atoms with van der Waals surface area (Å²) in [5.41, 5.74) is 0.382. The lowest BCUT2D eigenvalue weighted by molar-refractivity contribution is -0.152. The van der Waals surface area contributed by atoms with Crippen molar-refractivity contribution in [2.75, 3.05) is 6.61 Å². The summed E-state index contributed by atoms with van der Waals surface area (Å²) in [6, 6.07) is 7.54. The highest BCUT2D eigenvalue weighted by molar-refractivity contribution is 6.55. The van der Waals surface area contributed by atoms with Gasteiger partial charge in [-0.15, -0.1) is 0 Å². The fraction of sp³-hybridized carbons (Fsp3) is 0.238. The van der Waals surface area contributed by atoms with Crippen molar-refractivity contribution < 1.29 is 23.9 Å². The first kappa shape index (κ1) is 24.3. The van der Waals surface area contributed by atoms with Gasteiger partial charge in [-0.25, -0.2) is 4.79 Å². The van der Waals surface area contributed by atoms with E-state index in [-0.39, 0.29) is 37.3 Å². The Morgan fingerprint density at radius 3 is 1.91 bits per heavy atom. The van der Waals surface area contributed by atoms with Crippen molar-refractivity contribution in [2.24, 2.45) is 0 Å². The first-order valence-electron chi connectivity index (χ1n) is 9.31. The first-order chi connectivity index (χ1) is 15.1. The topological polar surface area (TPSA) is 92.8 Å². The fourth-order valence-electron chi connectivity index (χ4n) is 3.19. The van der Waals surface area contributed by atoms with Gasteiger partial charge >= 0.3 is 5.97 Å². The van der Waals surface area contributed by atoms with Gasteiger partial charge in [-0.2, -0.15) is 0 Å². The molecule has 0 unspecified atom stereocenters. The van der Waals surface area contributed by atoms with Gasteiger partial charge in [-0.1, -0.05) is 76.7 Å². The molecule has 2 aromatic rings. The van der Waals surface area contributed by atoms with Gasteiger partial charge in [-0.05, 0) is 19.4 Å². The number of benzene rings is 2. The van der Waals surface area contributed by atoms with Crippen LogP contribution in [0.2, 0.25) is 20.1 Å². The van der Waals surface area contributed by atoms with E-state index in [2.05, 4.69) is 5.32 Å². The number of carbonyl (C=O) groups is 4. The normalized spacial score (nSPS) is 14.8. The van der Waals surface area contributed by atoms with Gasteiger partial charge in [0.25, 0.3) is 17.7 Å². The number of nitrogens with zero attached hydrogens (tertiary/aromatic N) is 1. The SMILES string of the molecule is C[C@H](C(=O)OCC(=O)N[C@H](C)c1ccccc1)N1C(=O)c2c(Cl)c(Cl)c(Cl)c(Cl)c2C1=O. The van der Waals surface area contributed by atoms with Crippen LogP contribution in [0.25, 0.3) is 0 Å². The molecule has 1 aliphatic heterocycles. The van der Waals surface area contributed by atoms with Gasteiger partial charge < -0.3 is 10.1 Å². The summed E-state index contributed by atoms with van der Waals surface area (Å²) in [5, 5.41) is 1.84. The van der Waals surface area contributed by atoms with E-state index in [9.17, 15) is 19.2 Å². The van der Waals surface area contributed by atoms with Crippen molar-refractivity contribution in [1.29, 1.82) is 0 Å². The van der Waals surface area contributed by atoms with E-state index in [0.29, 0.717) is 4.90 Å². The minimum absolute atomic E-state index is 0.181. The summed E-state index contributed by atoms with van der Waals surface area (Å²) in [6.45, 7) is 2.46. The average molecular weight is 518 g/mol. The van der Waals surface area contributed by atoms with Crippen molar-refractivity contribution in [3.05, 3.63) is 67.1 Å². The van der Waals surface area contributed by atoms with Crippen LogP contribution >= 0.6 is 46.4 Å². The number of fused-ring (bicyclic) bond motifs is 1. The zero-order valence-electron chi connectivity index (χ0n) is 16.7. The van der Waals surface area contributed by atoms with Crippen molar-refractivity contribution in [3.63, 3.8) is 0 Å². The molecule has 0 fully saturated rings. The Hall–Kier alpha value is -2.32. The Kier molecular flexibility index (Phi) is 7.35. The number of esters is 1. The van der Waals surface area contributed by atoms with E-state index in [1.54, 1.807) is 6.92 Å². The van der Waals surface area contributed by atoms with E-state index >= 15 is 0 Å². The number of hydrogen-bond acceptors (Lipinski definition) is 5. The summed E-state index contributed by atoms with van der Waals surface area (Å²) in [4.78, 5) is 50.9. The Morgan fingerprint density at radius 2 is 1.41 bits per heavy atom. The van der Waals surface area contributed by atoms with E-state index in [1.807, 2.05) is 30.3 Å². The summed E-state index contributed by atoms with van der Waals surface area (Å²) >= 11 is 24.1. The zero-order chi connectivity index (χ0) is 23.7. The van der Waals surface area contributed by atoms with Gasteiger partial charge in [0.1, 0.15) is 6.04 Å². The van der Waals surface area contributed by atoms with Gasteiger partial charge in [0.05, 0.1) is 37.3 Å². The molecule has 3 rings (SSSR count). The number of halogens is 4. The number of amides is 3. The Labute approximate surface area is 203 Å². The molecule has 1 N–H and O–H groups in total. The van der Waals surface area contributed by atoms with Crippen LogP contribution in [0.1, 0.15) is 46.2 Å². The second-order valence-electron chi connectivity index (χ2n) is 6.97. The number of imide groups is 1. The first-order valence-corrected chi connectivity index (χ1v) is 10.8. The second kappa shape index (κ2) is 9.67. The minimum Gasteiger partial charge on any atom is -0.454 e. The maximum Gasteiger partial charge on any atom is 0.329 e. The van der Waals surface area contributed by atoms with Gasteiger partial charge in [0.2, 0.25) is 0 Å². The largest absolute Gasteiger partial charge is 0.454 e. The highest BCUT2D eigenvalue weighted by atomic mass is 35.5. The number of nitrogens with one attached hydrogen (secondary N) is 1. The number of rotatable bonds is 6. The number of hydrogen-bond donors (Lipinski definition) is 1. The minimum atomic E-state index is -1.36. The molecule has 0 aromatic heterocycles. The molecule has 168 valence electrons. The molecule has 2 atom stereocenters. The third kappa shape index (κ3) is 4.43. The molecule has 1 aliphatic rings. The summed E-state index contributed by atoms with van der Waals surface area (Å²) in [7, 11) is 0. The highest BCUT2D eigenvalue weighted by Gasteiger charge is 2.45. The molecule has 7 nitrogen and oxygen atoms in total. The zero-order valence-corrected chi connectivity index (χ0v) is 19.8. The molecule has 0 saturated carbocycles. The monoisotopic (exact) mass is 516 g/mol. The molecule has 32 heavy (non-hydrogen) atoms. The van der Waals surface area contributed by atoms with Crippen LogP contribution in [-0.2, 0) is 14.3 Å². The molecule has 0 aliphatic carbocycles. The van der Waals surface area contributed by atoms with Gasteiger partial charge in [-0.3, -0.25) is 19.3 Å². The summed E-state index contributed by atoms with van der Waals surface area (Å²) in [5.74, 6) is -3.26. The maximum atomic E-state index is 12.8. The Morgan fingerprint density at radius 1 is 0.906 bits per heavy atom. The van der Waals surface area contributed by atoms with Crippen molar-refractivity contribution >= 4 is 70.1 Å². The molecular weight excluding hydrogens is 502 g/mol. The van der Waals surface area contributed by atoms with Crippen molar-refractivity contribution in [3.8, 4) is 0 Å². The third-order valence-electron chi connectivity index (χ3n) is 4.88. The summed E-state index contributed by atoms with van der Waals surface area (Å²) in [6.07, 6.45) is 0. The molecule has 0 bridgehead atoms. The molecule has 11 heteroatoms. The molecular formula is C21H16Cl4N2O5. The molecule has 2 aromatic carbocycles. The highest BCUT2D eigenvalue weighted by Crippen LogP contribution is 2.45. The van der Waals surface area contributed by atoms with E-state index in [0.717, 1.165) is 5.56 Å². The lowest BCUT2D eigenvalue weighted by Crippen LogP contribution is -2.44. The number of carbonyl (C=O) groups excluding carboxylic acids is 4. The standard InChI is InChI=1S/C21H16Cl4N2O5/c1-9(11-6-4-3-5-7-11)26-12(28)8-32-21(31)10(2)27-19(29)13-14(20(27)30)16(23)18(25)17(24)15(13)22/h3-7,9-10H,8H2,1-2H3,(H,26,28)/t9-,10-/m1/s1. The molecule has 1 heterocycles. The Bertz CT molecular complexity index is 1080. The average Bonchev–Trinajstić information content (AvgIpc) is 3.04. The Balaban J connectivity index is 1.68. The van der Waals surface area contributed by atoms with Crippen LogP contribution in [0.3, 0.4) is 0 Å². The molecule has 0 radical (unpaired) electrons. The maximum absolute atomic E-state index is 12.8. The van der Waals surface area contributed by atoms with Crippen LogP contribution in [-0.4, -0.2) is 41.2 Å². The molecule has 0 spiro atoms. The summed E-state index contributed by atoms with van der Waals surface area (Å²) < 4.78 is 5.00. The van der Waals surface area contributed by atoms with Crippen LogP contribution in [0.5, 0.6) is 0 Å². The molecule has 0 saturated heterocycles. The van der Waals surface area contributed by atoms with E-state index < -0.39 is 36.3 Å². The lowest BCUT2D eigenvalue weighted by atomic mass is 10.1. The van der Waals surface area contributed by atoms with Crippen molar-refractivity contribution in [2.45, 2.75) is 25.9 Å². The van der Waals surface area contributed by atoms with Crippen LogP contribution in [0.4, 0.5) is 0 Å². The molecule has 3 amide bonds. The third-order valence-corrected chi connectivity index (χ3v) is 6.69. The smallest absolute Gasteiger partial charge is 0.329 e. The predicted octanol–water partition coefficient (Wildman–Crippen LogP) is 4.71.